The molecule has 0 saturated heterocycles. The Morgan fingerprint density at radius 2 is 1.84 bits per heavy atom. The second-order valence-corrected chi connectivity index (χ2v) is 7.44. The van der Waals surface area contributed by atoms with Crippen molar-refractivity contribution < 1.29 is 35.9 Å². The molecule has 0 saturated carbocycles. The Morgan fingerprint density at radius 3 is 2.50 bits per heavy atom. The highest BCUT2D eigenvalue weighted by Gasteiger charge is 2.49. The van der Waals surface area contributed by atoms with Crippen molar-refractivity contribution in [2.45, 2.75) is 37.8 Å². The summed E-state index contributed by atoms with van der Waals surface area (Å²) < 4.78 is 86.2. The van der Waals surface area contributed by atoms with E-state index in [2.05, 4.69) is 25.3 Å². The first-order valence-corrected chi connectivity index (χ1v) is 9.49. The third-order valence-electron chi connectivity index (χ3n) is 5.09. The van der Waals surface area contributed by atoms with Crippen LogP contribution in [0.15, 0.2) is 30.5 Å². The fourth-order valence-corrected chi connectivity index (χ4v) is 3.66. The third kappa shape index (κ3) is 4.27. The second kappa shape index (κ2) is 7.76. The molecule has 2 aliphatic heterocycles. The number of amides is 1. The number of hydrogen-bond acceptors (Lipinski definition) is 5. The smallest absolute Gasteiger partial charge is 0.430 e. The van der Waals surface area contributed by atoms with Crippen LogP contribution in [0, 0.1) is 0 Å². The van der Waals surface area contributed by atoms with E-state index in [9.17, 15) is 31.1 Å². The first kappa shape index (κ1) is 22.1. The lowest BCUT2D eigenvalue weighted by molar-refractivity contribution is -0.206. The molecule has 0 radical (unpaired) electrons. The summed E-state index contributed by atoms with van der Waals surface area (Å²) in [4.78, 5) is 19.5. The Kier molecular flexibility index (Phi) is 5.35. The van der Waals surface area contributed by atoms with Gasteiger partial charge in [0, 0.05) is 24.3 Å². The van der Waals surface area contributed by atoms with Crippen LogP contribution in [0.5, 0.6) is 0 Å². The van der Waals surface area contributed by atoms with Crippen molar-refractivity contribution in [3.8, 4) is 11.3 Å². The minimum Gasteiger partial charge on any atom is -0.431 e. The van der Waals surface area contributed by atoms with Crippen molar-refractivity contribution in [3.05, 3.63) is 47.3 Å². The summed E-state index contributed by atoms with van der Waals surface area (Å²) in [6, 6.07) is 2.65. The largest absolute Gasteiger partial charge is 0.431 e. The summed E-state index contributed by atoms with van der Waals surface area (Å²) in [6.45, 7) is 2.28. The van der Waals surface area contributed by atoms with Crippen molar-refractivity contribution in [3.63, 3.8) is 0 Å². The SMILES string of the molecule is CC1CC(c2cc(C(F)(F)F)cc(-c3ccnc4c3C(C(F)(F)F)OC(=O)N4)n2)=CCN1. The topological polar surface area (TPSA) is 76.1 Å². The highest BCUT2D eigenvalue weighted by molar-refractivity contribution is 5.89. The van der Waals surface area contributed by atoms with Gasteiger partial charge in [0.25, 0.3) is 0 Å². The maximum Gasteiger partial charge on any atom is 0.430 e. The summed E-state index contributed by atoms with van der Waals surface area (Å²) in [6.07, 6.45) is -10.7. The number of carbonyl (C=O) groups is 1. The van der Waals surface area contributed by atoms with Crippen molar-refractivity contribution in [1.82, 2.24) is 15.3 Å². The maximum absolute atomic E-state index is 13.6. The van der Waals surface area contributed by atoms with Gasteiger partial charge in [-0.2, -0.15) is 26.3 Å². The molecule has 2 aromatic heterocycles. The van der Waals surface area contributed by atoms with Gasteiger partial charge in [-0.15, -0.1) is 0 Å². The number of cyclic esters (lactones) is 1. The zero-order chi connectivity index (χ0) is 23.3. The van der Waals surface area contributed by atoms with Gasteiger partial charge >= 0.3 is 18.4 Å². The Balaban J connectivity index is 1.93. The number of fused-ring (bicyclic) bond motifs is 1. The molecule has 2 aliphatic rings. The van der Waals surface area contributed by atoms with Crippen LogP contribution in [0.3, 0.4) is 0 Å². The van der Waals surface area contributed by atoms with Gasteiger partial charge in [-0.05, 0) is 37.1 Å². The zero-order valence-corrected chi connectivity index (χ0v) is 16.4. The molecule has 0 aliphatic carbocycles. The van der Waals surface area contributed by atoms with Crippen LogP contribution in [0.2, 0.25) is 0 Å². The lowest BCUT2D eigenvalue weighted by atomic mass is 9.95. The van der Waals surface area contributed by atoms with Gasteiger partial charge in [0.05, 0.1) is 22.5 Å². The number of nitrogens with zero attached hydrogens (tertiary/aromatic N) is 2. The van der Waals surface area contributed by atoms with Crippen LogP contribution >= 0.6 is 0 Å². The molecule has 0 aromatic carbocycles. The molecule has 12 heteroatoms. The summed E-state index contributed by atoms with van der Waals surface area (Å²) in [5.41, 5.74) is -1.71. The minimum absolute atomic E-state index is 0.0121. The summed E-state index contributed by atoms with van der Waals surface area (Å²) in [5, 5.41) is 5.18. The van der Waals surface area contributed by atoms with Crippen molar-refractivity contribution in [1.29, 1.82) is 0 Å². The first-order chi connectivity index (χ1) is 14.9. The predicted molar refractivity (Wildman–Crippen MR) is 101 cm³/mol. The Hall–Kier alpha value is -3.15. The average Bonchev–Trinajstić information content (AvgIpc) is 2.71. The van der Waals surface area contributed by atoms with Crippen LogP contribution in [0.25, 0.3) is 16.8 Å². The number of anilines is 1. The van der Waals surface area contributed by atoms with Gasteiger partial charge in [-0.25, -0.2) is 14.8 Å². The molecule has 0 bridgehead atoms. The molecule has 4 heterocycles. The fraction of sp³-hybridized carbons (Fsp3) is 0.350. The molecule has 2 N–H and O–H groups in total. The Bertz CT molecular complexity index is 1100. The van der Waals surface area contributed by atoms with Crippen molar-refractivity contribution in [2.24, 2.45) is 0 Å². The number of carbonyl (C=O) groups excluding carboxylic acids is 1. The number of nitrogens with one attached hydrogen (secondary N) is 2. The minimum atomic E-state index is -5.01. The van der Waals surface area contributed by atoms with Gasteiger partial charge in [0.15, 0.2) is 0 Å². The second-order valence-electron chi connectivity index (χ2n) is 7.44. The molecule has 2 unspecified atom stereocenters. The number of alkyl halides is 6. The number of pyridine rings is 2. The van der Waals surface area contributed by atoms with E-state index in [-0.39, 0.29) is 23.0 Å². The third-order valence-corrected chi connectivity index (χ3v) is 5.09. The molecule has 4 rings (SSSR count). The predicted octanol–water partition coefficient (Wildman–Crippen LogP) is 5.09. The van der Waals surface area contributed by atoms with E-state index in [0.717, 1.165) is 18.3 Å². The normalized spacial score (nSPS) is 21.3. The zero-order valence-electron chi connectivity index (χ0n) is 16.4. The Labute approximate surface area is 177 Å². The van der Waals surface area contributed by atoms with Crippen molar-refractivity contribution in [2.75, 3.05) is 11.9 Å². The van der Waals surface area contributed by atoms with E-state index in [4.69, 9.17) is 0 Å². The van der Waals surface area contributed by atoms with Gasteiger partial charge in [0.2, 0.25) is 6.10 Å². The van der Waals surface area contributed by atoms with Gasteiger partial charge in [0.1, 0.15) is 5.82 Å². The number of hydrogen-bond donors (Lipinski definition) is 2. The van der Waals surface area contributed by atoms with E-state index < -0.39 is 41.5 Å². The summed E-state index contributed by atoms with van der Waals surface area (Å²) in [7, 11) is 0. The monoisotopic (exact) mass is 458 g/mol. The average molecular weight is 458 g/mol. The number of rotatable bonds is 2. The highest BCUT2D eigenvalue weighted by Crippen LogP contribution is 2.46. The molecule has 0 spiro atoms. The van der Waals surface area contributed by atoms with Crippen LogP contribution in [-0.4, -0.2) is 34.8 Å². The van der Waals surface area contributed by atoms with E-state index in [1.807, 2.05) is 6.92 Å². The van der Waals surface area contributed by atoms with Crippen LogP contribution < -0.4 is 10.6 Å². The molecular formula is C20H16F6N4O2. The summed E-state index contributed by atoms with van der Waals surface area (Å²) >= 11 is 0. The van der Waals surface area contributed by atoms with Gasteiger partial charge < -0.3 is 10.1 Å². The van der Waals surface area contributed by atoms with E-state index in [1.54, 1.807) is 6.08 Å². The van der Waals surface area contributed by atoms with E-state index >= 15 is 0 Å². The van der Waals surface area contributed by atoms with E-state index in [1.165, 1.54) is 0 Å². The van der Waals surface area contributed by atoms with Crippen molar-refractivity contribution >= 4 is 17.5 Å². The van der Waals surface area contributed by atoms with Crippen LogP contribution in [0.4, 0.5) is 37.0 Å². The molecule has 0 fully saturated rings. The highest BCUT2D eigenvalue weighted by atomic mass is 19.4. The van der Waals surface area contributed by atoms with Crippen LogP contribution in [0.1, 0.15) is 36.3 Å². The number of aromatic nitrogens is 2. The molecule has 170 valence electrons. The van der Waals surface area contributed by atoms with Gasteiger partial charge in [-0.3, -0.25) is 5.32 Å². The van der Waals surface area contributed by atoms with Gasteiger partial charge in [-0.1, -0.05) is 6.08 Å². The molecule has 2 aromatic rings. The molecular weight excluding hydrogens is 442 g/mol. The lowest BCUT2D eigenvalue weighted by Gasteiger charge is -2.29. The van der Waals surface area contributed by atoms with Crippen LogP contribution in [-0.2, 0) is 10.9 Å². The molecule has 32 heavy (non-hydrogen) atoms. The summed E-state index contributed by atoms with van der Waals surface area (Å²) in [5.74, 6) is -0.448. The fourth-order valence-electron chi connectivity index (χ4n) is 3.66. The van der Waals surface area contributed by atoms with E-state index in [0.29, 0.717) is 24.6 Å². The lowest BCUT2D eigenvalue weighted by Crippen LogP contribution is -2.34. The molecule has 1 amide bonds. The molecule has 2 atom stereocenters. The first-order valence-electron chi connectivity index (χ1n) is 9.49. The number of ether oxygens (including phenoxy) is 1. The quantitative estimate of drug-likeness (QED) is 0.613. The number of halogens is 6. The maximum atomic E-state index is 13.6. The Morgan fingerprint density at radius 1 is 1.12 bits per heavy atom. The standard InChI is InChI=1S/C20H16F6N4O2/c1-9-6-10(2-4-27-9)13-7-11(19(21,22)23)8-14(29-13)12-3-5-28-17-15(12)16(20(24,25)26)32-18(31)30-17/h2-3,5,7-9,16,27H,4,6H2,1H3,(H,28,30,31). The molecule has 6 nitrogen and oxygen atoms in total.